The summed E-state index contributed by atoms with van der Waals surface area (Å²) in [5.74, 6) is 0.829. The predicted molar refractivity (Wildman–Crippen MR) is 40.5 cm³/mol. The maximum Gasteiger partial charge on any atom is 0.223 e. The summed E-state index contributed by atoms with van der Waals surface area (Å²) in [4.78, 5) is 21.5. The average molecular weight is 222 g/mol. The SMILES string of the molecule is C1=NC(=C2N=CN=N2)N=N1.O=O.[Fe]. The van der Waals surface area contributed by atoms with Crippen LogP contribution in [0, 0.1) is 9.93 Å². The van der Waals surface area contributed by atoms with E-state index in [-0.39, 0.29) is 17.1 Å². The molecule has 0 unspecified atom stereocenters. The van der Waals surface area contributed by atoms with Crippen molar-refractivity contribution in [2.75, 3.05) is 0 Å². The smallest absolute Gasteiger partial charge is 0.210 e. The van der Waals surface area contributed by atoms with Crippen molar-refractivity contribution < 1.29 is 17.1 Å². The Kier molecular flexibility index (Phi) is 5.24. The molecule has 2 aliphatic heterocycles. The average Bonchev–Trinajstić information content (AvgIpc) is 2.80. The van der Waals surface area contributed by atoms with Crippen molar-refractivity contribution in [2.45, 2.75) is 0 Å². The van der Waals surface area contributed by atoms with Crippen molar-refractivity contribution in [3.8, 4) is 0 Å². The molecular weight excluding hydrogens is 220 g/mol. The molecule has 2 aliphatic rings. The van der Waals surface area contributed by atoms with Crippen LogP contribution in [0.5, 0.6) is 0 Å². The first-order valence-corrected chi connectivity index (χ1v) is 2.74. The van der Waals surface area contributed by atoms with Crippen LogP contribution in [0.2, 0.25) is 0 Å². The number of aliphatic imine (C=N–C) groups is 2. The molecule has 8 nitrogen and oxygen atoms in total. The van der Waals surface area contributed by atoms with E-state index in [0.717, 1.165) is 0 Å². The Labute approximate surface area is 82.4 Å². The standard InChI is InChI=1S/C4H2N6.Fe.O2/c1-5-3(9-7-1)4-6-2-8-10-4;;1-2/h1-2H;;. The van der Waals surface area contributed by atoms with Crippen LogP contribution in [0.4, 0.5) is 0 Å². The maximum atomic E-state index is 7.00. The minimum Gasteiger partial charge on any atom is -0.210 e. The van der Waals surface area contributed by atoms with Gasteiger partial charge in [-0.2, -0.15) is 0 Å². The Morgan fingerprint density at radius 1 is 0.846 bits per heavy atom. The van der Waals surface area contributed by atoms with Crippen LogP contribution in [-0.2, 0) is 17.1 Å². The summed E-state index contributed by atoms with van der Waals surface area (Å²) in [6.07, 6.45) is 2.68. The molecule has 2 rings (SSSR count). The minimum atomic E-state index is 0. The van der Waals surface area contributed by atoms with Crippen molar-refractivity contribution in [3.05, 3.63) is 21.6 Å². The number of nitrogens with zero attached hydrogens (tertiary/aromatic N) is 6. The fourth-order valence-electron chi connectivity index (χ4n) is 0.579. The third-order valence-corrected chi connectivity index (χ3v) is 0.968. The fraction of sp³-hybridized carbons (Fsp3) is 0. The Morgan fingerprint density at radius 3 is 1.46 bits per heavy atom. The van der Waals surface area contributed by atoms with E-state index >= 15 is 0 Å². The van der Waals surface area contributed by atoms with Crippen LogP contribution in [0.15, 0.2) is 42.1 Å². The molecule has 0 aromatic carbocycles. The van der Waals surface area contributed by atoms with Gasteiger partial charge >= 0.3 is 0 Å². The van der Waals surface area contributed by atoms with Crippen LogP contribution >= 0.6 is 0 Å². The summed E-state index contributed by atoms with van der Waals surface area (Å²) in [5, 5.41) is 14.3. The van der Waals surface area contributed by atoms with Gasteiger partial charge in [0.2, 0.25) is 11.6 Å². The molecule has 0 fully saturated rings. The minimum absolute atomic E-state index is 0. The molecule has 0 atom stereocenters. The second-order valence-electron chi connectivity index (χ2n) is 1.57. The van der Waals surface area contributed by atoms with Gasteiger partial charge in [0, 0.05) is 27.0 Å². The van der Waals surface area contributed by atoms with E-state index in [1.54, 1.807) is 0 Å². The van der Waals surface area contributed by atoms with Gasteiger partial charge in [0.15, 0.2) is 0 Å². The van der Waals surface area contributed by atoms with Gasteiger partial charge in [-0.1, -0.05) is 0 Å². The monoisotopic (exact) mass is 222 g/mol. The molecule has 9 heteroatoms. The fourth-order valence-corrected chi connectivity index (χ4v) is 0.579. The van der Waals surface area contributed by atoms with Crippen LogP contribution in [0.3, 0.4) is 0 Å². The Balaban J connectivity index is 0.000000451. The van der Waals surface area contributed by atoms with Gasteiger partial charge in [0.05, 0.1) is 0 Å². The van der Waals surface area contributed by atoms with Crippen molar-refractivity contribution >= 4 is 12.7 Å². The first kappa shape index (κ1) is 11.4. The summed E-state index contributed by atoms with van der Waals surface area (Å²) in [6.45, 7) is 0. The molecule has 0 bridgehead atoms. The van der Waals surface area contributed by atoms with Gasteiger partial charge in [0.25, 0.3) is 0 Å². The molecule has 0 saturated carbocycles. The number of azo groups is 2. The molecule has 0 aromatic heterocycles. The maximum absolute atomic E-state index is 7.00. The molecule has 0 amide bonds. The largest absolute Gasteiger partial charge is 0.223 e. The summed E-state index contributed by atoms with van der Waals surface area (Å²) in [7, 11) is 0. The first-order valence-electron chi connectivity index (χ1n) is 2.74. The second kappa shape index (κ2) is 5.98. The quantitative estimate of drug-likeness (QED) is 0.573. The van der Waals surface area contributed by atoms with Gasteiger partial charge in [-0.05, 0) is 0 Å². The van der Waals surface area contributed by atoms with Crippen molar-refractivity contribution in [1.29, 1.82) is 0 Å². The normalized spacial score (nSPS) is 21.2. The summed E-state index contributed by atoms with van der Waals surface area (Å²) in [6, 6.07) is 0. The third kappa shape index (κ3) is 2.73. The van der Waals surface area contributed by atoms with Crippen LogP contribution < -0.4 is 0 Å². The molecule has 0 saturated heterocycles. The van der Waals surface area contributed by atoms with Gasteiger partial charge in [0.1, 0.15) is 12.7 Å². The zero-order chi connectivity index (χ0) is 8.81. The molecule has 13 heavy (non-hydrogen) atoms. The van der Waals surface area contributed by atoms with Crippen molar-refractivity contribution in [3.63, 3.8) is 0 Å². The van der Waals surface area contributed by atoms with Gasteiger partial charge in [-0.3, -0.25) is 0 Å². The van der Waals surface area contributed by atoms with E-state index < -0.39 is 0 Å². The second-order valence-corrected chi connectivity index (χ2v) is 1.57. The molecule has 2 heterocycles. The summed E-state index contributed by atoms with van der Waals surface area (Å²) in [5.41, 5.74) is 0. The molecule has 68 valence electrons. The molecule has 0 aliphatic carbocycles. The van der Waals surface area contributed by atoms with E-state index in [0.29, 0.717) is 11.6 Å². The van der Waals surface area contributed by atoms with Crippen molar-refractivity contribution in [1.82, 2.24) is 0 Å². The van der Waals surface area contributed by atoms with E-state index in [2.05, 4.69) is 30.4 Å². The molecule has 0 N–H and O–H groups in total. The van der Waals surface area contributed by atoms with Gasteiger partial charge in [-0.25, -0.2) is 9.98 Å². The first-order chi connectivity index (χ1) is 5.97. The predicted octanol–water partition coefficient (Wildman–Crippen LogP) is 1.17. The summed E-state index contributed by atoms with van der Waals surface area (Å²) < 4.78 is 0. The zero-order valence-electron chi connectivity index (χ0n) is 6.01. The molecule has 0 radical (unpaired) electrons. The van der Waals surface area contributed by atoms with Crippen LogP contribution in [0.1, 0.15) is 0 Å². The third-order valence-electron chi connectivity index (χ3n) is 0.968. The van der Waals surface area contributed by atoms with Gasteiger partial charge in [-0.15, -0.1) is 20.5 Å². The van der Waals surface area contributed by atoms with E-state index in [4.69, 9.17) is 9.93 Å². The van der Waals surface area contributed by atoms with Crippen LogP contribution in [-0.4, -0.2) is 12.7 Å². The van der Waals surface area contributed by atoms with Crippen LogP contribution in [0.25, 0.3) is 0 Å². The molecule has 0 spiro atoms. The molecular formula is C4H2FeN6O2. The number of hydrogen-bond donors (Lipinski definition) is 0. The molecule has 0 aromatic rings. The van der Waals surface area contributed by atoms with E-state index in [1.807, 2.05) is 0 Å². The van der Waals surface area contributed by atoms with E-state index in [1.165, 1.54) is 12.7 Å². The Morgan fingerprint density at radius 2 is 1.23 bits per heavy atom. The Hall–Kier alpha value is -1.60. The number of rotatable bonds is 0. The van der Waals surface area contributed by atoms with E-state index in [9.17, 15) is 0 Å². The zero-order valence-corrected chi connectivity index (χ0v) is 7.11. The topological polar surface area (TPSA) is 108 Å². The van der Waals surface area contributed by atoms with Crippen molar-refractivity contribution in [2.24, 2.45) is 30.4 Å². The van der Waals surface area contributed by atoms with Gasteiger partial charge < -0.3 is 0 Å². The summed E-state index contributed by atoms with van der Waals surface area (Å²) >= 11 is 0. The number of hydrogen-bond acceptors (Lipinski definition) is 8. The Bertz CT molecular complexity index is 261.